The number of rotatable bonds is 6. The van der Waals surface area contributed by atoms with Gasteiger partial charge in [-0.05, 0) is 45.4 Å². The summed E-state index contributed by atoms with van der Waals surface area (Å²) in [6, 6.07) is 4.30. The fraction of sp³-hybridized carbons (Fsp3) is 0.455. The van der Waals surface area contributed by atoms with Crippen LogP contribution in [0.5, 0.6) is 11.5 Å². The van der Waals surface area contributed by atoms with Crippen molar-refractivity contribution in [3.63, 3.8) is 0 Å². The summed E-state index contributed by atoms with van der Waals surface area (Å²) >= 11 is 1.47. The van der Waals surface area contributed by atoms with Crippen LogP contribution in [0.15, 0.2) is 34.5 Å². The third kappa shape index (κ3) is 4.92. The van der Waals surface area contributed by atoms with E-state index < -0.39 is 18.0 Å². The number of carbonyl (C=O) groups excluding carboxylic acids is 3. The van der Waals surface area contributed by atoms with Gasteiger partial charge in [0.2, 0.25) is 5.91 Å². The van der Waals surface area contributed by atoms with E-state index >= 15 is 0 Å². The van der Waals surface area contributed by atoms with Crippen molar-refractivity contribution in [2.75, 3.05) is 12.4 Å². The summed E-state index contributed by atoms with van der Waals surface area (Å²) in [5.74, 6) is 0.146. The second-order valence-corrected chi connectivity index (χ2v) is 8.41. The number of nitrogens with zero attached hydrogens (tertiary/aromatic N) is 2. The van der Waals surface area contributed by atoms with Gasteiger partial charge in [-0.15, -0.1) is 0 Å². The normalized spacial score (nSPS) is 18.5. The molecule has 0 bridgehead atoms. The smallest absolute Gasteiger partial charge is 0.338 e. The van der Waals surface area contributed by atoms with Gasteiger partial charge in [0, 0.05) is 19.1 Å². The molecule has 0 saturated carbocycles. The van der Waals surface area contributed by atoms with Crippen molar-refractivity contribution in [3.8, 4) is 11.5 Å². The van der Waals surface area contributed by atoms with Crippen LogP contribution in [0.25, 0.3) is 0 Å². The third-order valence-corrected chi connectivity index (χ3v) is 5.56. The van der Waals surface area contributed by atoms with Crippen molar-refractivity contribution in [1.82, 2.24) is 4.90 Å². The average molecular weight is 447 g/mol. The topological polar surface area (TPSA) is 94.5 Å². The molecular weight excluding hydrogens is 420 g/mol. The molecule has 2 aliphatic heterocycles. The van der Waals surface area contributed by atoms with Crippen molar-refractivity contribution in [1.29, 1.82) is 0 Å². The van der Waals surface area contributed by atoms with E-state index in [-0.39, 0.29) is 17.8 Å². The first-order valence-electron chi connectivity index (χ1n) is 10.1. The van der Waals surface area contributed by atoms with E-state index in [2.05, 4.69) is 4.99 Å². The zero-order valence-electron chi connectivity index (χ0n) is 18.3. The van der Waals surface area contributed by atoms with E-state index in [9.17, 15) is 14.4 Å². The van der Waals surface area contributed by atoms with E-state index in [1.807, 2.05) is 6.92 Å². The summed E-state index contributed by atoms with van der Waals surface area (Å²) in [4.78, 5) is 43.4. The average Bonchev–Trinajstić information content (AvgIpc) is 2.67. The number of carbonyl (C=O) groups is 3. The van der Waals surface area contributed by atoms with E-state index in [1.165, 1.54) is 18.7 Å². The molecule has 1 aromatic rings. The maximum Gasteiger partial charge on any atom is 0.338 e. The zero-order valence-corrected chi connectivity index (χ0v) is 19.1. The van der Waals surface area contributed by atoms with Crippen molar-refractivity contribution in [2.24, 2.45) is 4.99 Å². The monoisotopic (exact) mass is 446 g/mol. The van der Waals surface area contributed by atoms with Crippen LogP contribution in [0, 0.1) is 0 Å². The minimum Gasteiger partial charge on any atom is -0.490 e. The second-order valence-electron chi connectivity index (χ2n) is 7.35. The van der Waals surface area contributed by atoms with Crippen LogP contribution < -0.4 is 9.47 Å². The van der Waals surface area contributed by atoms with Gasteiger partial charge in [-0.2, -0.15) is 0 Å². The van der Waals surface area contributed by atoms with Gasteiger partial charge in [-0.25, -0.2) is 9.79 Å². The number of hydrogen-bond acceptors (Lipinski definition) is 8. The summed E-state index contributed by atoms with van der Waals surface area (Å²) in [6.07, 6.45) is 0.0193. The van der Waals surface area contributed by atoms with Gasteiger partial charge in [0.15, 0.2) is 16.7 Å². The van der Waals surface area contributed by atoms with Crippen LogP contribution in [0.4, 0.5) is 0 Å². The molecule has 3 rings (SSSR count). The number of esters is 2. The Labute approximate surface area is 185 Å². The van der Waals surface area contributed by atoms with Gasteiger partial charge < -0.3 is 14.2 Å². The van der Waals surface area contributed by atoms with Crippen LogP contribution in [0.3, 0.4) is 0 Å². The SMILES string of the molecule is CCOc1cc([C@@H]2C(C(=O)OC(C)C)=C(C)N=C3SCCC(=O)N32)ccc1OC(C)=O. The Morgan fingerprint density at radius 2 is 2.03 bits per heavy atom. The predicted molar refractivity (Wildman–Crippen MR) is 117 cm³/mol. The van der Waals surface area contributed by atoms with Crippen molar-refractivity contribution in [3.05, 3.63) is 35.0 Å². The molecule has 31 heavy (non-hydrogen) atoms. The maximum absolute atomic E-state index is 13.0. The van der Waals surface area contributed by atoms with Gasteiger partial charge in [-0.1, -0.05) is 17.8 Å². The molecule has 1 amide bonds. The molecule has 166 valence electrons. The lowest BCUT2D eigenvalue weighted by Crippen LogP contribution is -2.46. The number of thioether (sulfide) groups is 1. The molecule has 0 spiro atoms. The number of ether oxygens (including phenoxy) is 3. The van der Waals surface area contributed by atoms with E-state index in [1.54, 1.807) is 43.9 Å². The standard InChI is InChI=1S/C22H26N2O6S/c1-6-28-17-11-15(7-8-16(17)30-14(5)25)20-19(21(27)29-12(2)3)13(4)23-22-24(20)18(26)9-10-31-22/h7-8,11-12,20H,6,9-10H2,1-5H3/t20-/m1/s1. The Balaban J connectivity index is 2.14. The first-order chi connectivity index (χ1) is 14.7. The van der Waals surface area contributed by atoms with E-state index in [4.69, 9.17) is 14.2 Å². The highest BCUT2D eigenvalue weighted by atomic mass is 32.2. The summed E-state index contributed by atoms with van der Waals surface area (Å²) in [7, 11) is 0. The highest BCUT2D eigenvalue weighted by Crippen LogP contribution is 2.42. The lowest BCUT2D eigenvalue weighted by Gasteiger charge is -2.39. The van der Waals surface area contributed by atoms with Crippen LogP contribution >= 0.6 is 11.8 Å². The van der Waals surface area contributed by atoms with Crippen LogP contribution in [0.2, 0.25) is 0 Å². The molecule has 0 N–H and O–H groups in total. The number of amidine groups is 1. The Morgan fingerprint density at radius 1 is 1.29 bits per heavy atom. The Morgan fingerprint density at radius 3 is 2.68 bits per heavy atom. The number of hydrogen-bond donors (Lipinski definition) is 0. The highest BCUT2D eigenvalue weighted by Gasteiger charge is 2.42. The Bertz CT molecular complexity index is 969. The van der Waals surface area contributed by atoms with Gasteiger partial charge in [0.1, 0.15) is 0 Å². The Hall–Kier alpha value is -2.81. The maximum atomic E-state index is 13.0. The first kappa shape index (κ1) is 22.9. The van der Waals surface area contributed by atoms with Crippen molar-refractivity contribution >= 4 is 34.8 Å². The highest BCUT2D eigenvalue weighted by molar-refractivity contribution is 8.14. The molecule has 2 heterocycles. The quantitative estimate of drug-likeness (QED) is 0.487. The summed E-state index contributed by atoms with van der Waals surface area (Å²) in [5.41, 5.74) is 1.44. The molecule has 1 atom stereocenters. The third-order valence-electron chi connectivity index (χ3n) is 4.61. The fourth-order valence-electron chi connectivity index (χ4n) is 3.45. The van der Waals surface area contributed by atoms with Crippen LogP contribution in [-0.2, 0) is 19.1 Å². The summed E-state index contributed by atoms with van der Waals surface area (Å²) in [5, 5.41) is 0.557. The van der Waals surface area contributed by atoms with Gasteiger partial charge in [0.25, 0.3) is 0 Å². The van der Waals surface area contributed by atoms with Crippen LogP contribution in [0.1, 0.15) is 52.6 Å². The molecule has 0 unspecified atom stereocenters. The first-order valence-corrected chi connectivity index (χ1v) is 11.1. The molecule has 8 nitrogen and oxygen atoms in total. The molecule has 2 aliphatic rings. The molecular formula is C22H26N2O6S. The summed E-state index contributed by atoms with van der Waals surface area (Å²) < 4.78 is 16.4. The molecule has 0 radical (unpaired) electrons. The minimum atomic E-state index is -0.718. The van der Waals surface area contributed by atoms with Crippen LogP contribution in [-0.4, -0.2) is 46.4 Å². The van der Waals surface area contributed by atoms with Gasteiger partial charge >= 0.3 is 11.9 Å². The van der Waals surface area contributed by atoms with Crippen molar-refractivity contribution in [2.45, 2.75) is 53.2 Å². The molecule has 1 aromatic carbocycles. The van der Waals surface area contributed by atoms with Gasteiger partial charge in [0.05, 0.1) is 30.0 Å². The fourth-order valence-corrected chi connectivity index (χ4v) is 4.46. The van der Waals surface area contributed by atoms with E-state index in [0.717, 1.165) is 0 Å². The number of aliphatic imine (C=N–C) groups is 1. The number of fused-ring (bicyclic) bond motifs is 1. The van der Waals surface area contributed by atoms with Crippen molar-refractivity contribution < 1.29 is 28.6 Å². The largest absolute Gasteiger partial charge is 0.490 e. The second kappa shape index (κ2) is 9.55. The molecule has 0 aliphatic carbocycles. The lowest BCUT2D eigenvalue weighted by molar-refractivity contribution is -0.143. The predicted octanol–water partition coefficient (Wildman–Crippen LogP) is 3.61. The zero-order chi connectivity index (χ0) is 22.7. The minimum absolute atomic E-state index is 0.119. The van der Waals surface area contributed by atoms with E-state index in [0.29, 0.717) is 46.5 Å². The lowest BCUT2D eigenvalue weighted by atomic mass is 9.93. The molecule has 9 heteroatoms. The molecule has 1 saturated heterocycles. The number of allylic oxidation sites excluding steroid dienone is 1. The summed E-state index contributed by atoms with van der Waals surface area (Å²) in [6.45, 7) is 8.75. The Kier molecular flexibility index (Phi) is 7.04. The number of benzene rings is 1. The molecule has 0 aromatic heterocycles. The molecule has 1 fully saturated rings. The van der Waals surface area contributed by atoms with Gasteiger partial charge in [-0.3, -0.25) is 14.5 Å². The number of amides is 1.